The predicted molar refractivity (Wildman–Crippen MR) is 91.0 cm³/mol. The normalized spacial score (nSPS) is 14.0. The van der Waals surface area contributed by atoms with Crippen LogP contribution in [0.25, 0.3) is 0 Å². The molecule has 22 heavy (non-hydrogen) atoms. The Labute approximate surface area is 136 Å². The van der Waals surface area contributed by atoms with Gasteiger partial charge in [-0.15, -0.1) is 0 Å². The van der Waals surface area contributed by atoms with Crippen LogP contribution in [0.3, 0.4) is 0 Å². The molecule has 0 fully saturated rings. The first-order valence-corrected chi connectivity index (χ1v) is 8.40. The van der Waals surface area contributed by atoms with E-state index in [0.717, 1.165) is 19.4 Å². The van der Waals surface area contributed by atoms with Gasteiger partial charge in [-0.2, -0.15) is 0 Å². The molecule has 1 atom stereocenters. The number of hydrogen-bond donors (Lipinski definition) is 3. The maximum Gasteiger partial charge on any atom is 0.407 e. The molecule has 0 aromatic carbocycles. The van der Waals surface area contributed by atoms with Crippen LogP contribution in [0.4, 0.5) is 4.79 Å². The lowest BCUT2D eigenvalue weighted by Crippen LogP contribution is -2.49. The van der Waals surface area contributed by atoms with E-state index in [2.05, 4.69) is 38.3 Å². The number of carbonyl (C=O) groups is 1. The number of alkyl carbamates (subject to hydrolysis) is 1. The van der Waals surface area contributed by atoms with Crippen molar-refractivity contribution >= 4 is 6.09 Å². The molecule has 0 aliphatic rings. The Balaban J connectivity index is 4.46. The standard InChI is InChI=1S/C17H36N2O3/c1-8-17(9-2,12-20)11-18-10-14(13(3)4)19-15(21)22-16(5,6)7/h13-14,18,20H,8-12H2,1-7H3,(H,19,21). The Hall–Kier alpha value is -0.810. The molecule has 1 unspecified atom stereocenters. The van der Waals surface area contributed by atoms with Gasteiger partial charge in [-0.25, -0.2) is 4.79 Å². The largest absolute Gasteiger partial charge is 0.444 e. The quantitative estimate of drug-likeness (QED) is 0.612. The summed E-state index contributed by atoms with van der Waals surface area (Å²) in [6.07, 6.45) is 1.48. The van der Waals surface area contributed by atoms with Gasteiger partial charge in [0.25, 0.3) is 0 Å². The molecular weight excluding hydrogens is 280 g/mol. The molecule has 5 nitrogen and oxygen atoms in total. The van der Waals surface area contributed by atoms with Crippen molar-refractivity contribution in [3.05, 3.63) is 0 Å². The molecule has 132 valence electrons. The van der Waals surface area contributed by atoms with Gasteiger partial charge in [0.1, 0.15) is 5.60 Å². The van der Waals surface area contributed by atoms with Gasteiger partial charge in [-0.05, 0) is 39.5 Å². The highest BCUT2D eigenvalue weighted by Gasteiger charge is 2.26. The van der Waals surface area contributed by atoms with Crippen LogP contribution in [0.15, 0.2) is 0 Å². The lowest BCUT2D eigenvalue weighted by molar-refractivity contribution is 0.0486. The summed E-state index contributed by atoms with van der Waals surface area (Å²) in [4.78, 5) is 11.9. The van der Waals surface area contributed by atoms with Crippen LogP contribution in [-0.4, -0.2) is 42.5 Å². The topological polar surface area (TPSA) is 70.6 Å². The van der Waals surface area contributed by atoms with Crippen LogP contribution in [0.5, 0.6) is 0 Å². The number of aliphatic hydroxyl groups is 1. The van der Waals surface area contributed by atoms with Crippen molar-refractivity contribution in [2.75, 3.05) is 19.7 Å². The van der Waals surface area contributed by atoms with Crippen molar-refractivity contribution in [1.29, 1.82) is 0 Å². The number of aliphatic hydroxyl groups excluding tert-OH is 1. The van der Waals surface area contributed by atoms with E-state index < -0.39 is 5.60 Å². The van der Waals surface area contributed by atoms with Crippen LogP contribution in [0, 0.1) is 11.3 Å². The lowest BCUT2D eigenvalue weighted by atomic mass is 9.83. The molecular formula is C17H36N2O3. The molecule has 0 saturated heterocycles. The third-order valence-electron chi connectivity index (χ3n) is 4.21. The van der Waals surface area contributed by atoms with Gasteiger partial charge in [0.2, 0.25) is 0 Å². The van der Waals surface area contributed by atoms with Crippen LogP contribution >= 0.6 is 0 Å². The van der Waals surface area contributed by atoms with Crippen molar-refractivity contribution in [3.63, 3.8) is 0 Å². The third kappa shape index (κ3) is 7.99. The smallest absolute Gasteiger partial charge is 0.407 e. The highest BCUT2D eigenvalue weighted by Crippen LogP contribution is 2.24. The summed E-state index contributed by atoms with van der Waals surface area (Å²) in [6.45, 7) is 15.5. The Morgan fingerprint density at radius 1 is 1.18 bits per heavy atom. The zero-order valence-corrected chi connectivity index (χ0v) is 15.5. The first kappa shape index (κ1) is 21.2. The molecule has 0 aliphatic carbocycles. The predicted octanol–water partition coefficient (Wildman–Crippen LogP) is 2.92. The Bertz CT molecular complexity index is 312. The van der Waals surface area contributed by atoms with E-state index in [1.165, 1.54) is 0 Å². The Morgan fingerprint density at radius 3 is 2.09 bits per heavy atom. The summed E-state index contributed by atoms with van der Waals surface area (Å²) >= 11 is 0. The zero-order valence-electron chi connectivity index (χ0n) is 15.5. The Morgan fingerprint density at radius 2 is 1.73 bits per heavy atom. The Kier molecular flexibility index (Phi) is 9.01. The second-order valence-electron chi connectivity index (χ2n) is 7.49. The molecule has 0 spiro atoms. The summed E-state index contributed by atoms with van der Waals surface area (Å²) in [7, 11) is 0. The average Bonchev–Trinajstić information content (AvgIpc) is 2.40. The first-order valence-electron chi connectivity index (χ1n) is 8.40. The van der Waals surface area contributed by atoms with Crippen LogP contribution in [-0.2, 0) is 4.74 Å². The summed E-state index contributed by atoms with van der Waals surface area (Å²) < 4.78 is 5.31. The second-order valence-corrected chi connectivity index (χ2v) is 7.49. The highest BCUT2D eigenvalue weighted by molar-refractivity contribution is 5.68. The van der Waals surface area contributed by atoms with E-state index in [1.807, 2.05) is 20.8 Å². The second kappa shape index (κ2) is 9.36. The minimum absolute atomic E-state index is 0.0000416. The van der Waals surface area contributed by atoms with Crippen LogP contribution in [0.2, 0.25) is 0 Å². The molecule has 0 aromatic heterocycles. The van der Waals surface area contributed by atoms with E-state index >= 15 is 0 Å². The average molecular weight is 316 g/mol. The van der Waals surface area contributed by atoms with Gasteiger partial charge in [0, 0.05) is 31.2 Å². The molecule has 0 aliphatic heterocycles. The number of amides is 1. The van der Waals surface area contributed by atoms with Gasteiger partial charge >= 0.3 is 6.09 Å². The summed E-state index contributed by atoms with van der Waals surface area (Å²) in [5.41, 5.74) is -0.567. The molecule has 3 N–H and O–H groups in total. The third-order valence-corrected chi connectivity index (χ3v) is 4.21. The molecule has 5 heteroatoms. The molecule has 0 heterocycles. The van der Waals surface area contributed by atoms with Gasteiger partial charge in [0.15, 0.2) is 0 Å². The van der Waals surface area contributed by atoms with Crippen molar-refractivity contribution in [3.8, 4) is 0 Å². The summed E-state index contributed by atoms with van der Waals surface area (Å²) in [6, 6.07) is -0.0000416. The zero-order chi connectivity index (χ0) is 17.4. The van der Waals surface area contributed by atoms with Gasteiger partial charge in [-0.3, -0.25) is 0 Å². The molecule has 1 amide bonds. The van der Waals surface area contributed by atoms with Gasteiger partial charge in [0.05, 0.1) is 0 Å². The fraction of sp³-hybridized carbons (Fsp3) is 0.941. The van der Waals surface area contributed by atoms with Crippen molar-refractivity contribution in [2.24, 2.45) is 11.3 Å². The number of ether oxygens (including phenoxy) is 1. The number of rotatable bonds is 9. The molecule has 0 radical (unpaired) electrons. The van der Waals surface area contributed by atoms with E-state index in [9.17, 15) is 9.90 Å². The van der Waals surface area contributed by atoms with Crippen LogP contribution in [0.1, 0.15) is 61.3 Å². The minimum atomic E-state index is -0.491. The highest BCUT2D eigenvalue weighted by atomic mass is 16.6. The fourth-order valence-electron chi connectivity index (χ4n) is 2.18. The van der Waals surface area contributed by atoms with E-state index in [-0.39, 0.29) is 24.2 Å². The van der Waals surface area contributed by atoms with E-state index in [0.29, 0.717) is 12.5 Å². The maximum absolute atomic E-state index is 11.9. The summed E-state index contributed by atoms with van der Waals surface area (Å²) in [5.74, 6) is 0.298. The van der Waals surface area contributed by atoms with Gasteiger partial charge in [-0.1, -0.05) is 27.7 Å². The molecule has 0 bridgehead atoms. The lowest BCUT2D eigenvalue weighted by Gasteiger charge is -2.31. The van der Waals surface area contributed by atoms with Crippen molar-refractivity contribution < 1.29 is 14.6 Å². The number of hydrogen-bond acceptors (Lipinski definition) is 4. The van der Waals surface area contributed by atoms with Crippen molar-refractivity contribution in [1.82, 2.24) is 10.6 Å². The number of nitrogens with one attached hydrogen (secondary N) is 2. The maximum atomic E-state index is 11.9. The van der Waals surface area contributed by atoms with Crippen molar-refractivity contribution in [2.45, 2.75) is 73.0 Å². The molecule has 0 saturated carbocycles. The SMILES string of the molecule is CCC(CC)(CO)CNCC(NC(=O)OC(C)(C)C)C(C)C. The molecule has 0 rings (SSSR count). The monoisotopic (exact) mass is 316 g/mol. The summed E-state index contributed by atoms with van der Waals surface area (Å²) in [5, 5.41) is 15.9. The van der Waals surface area contributed by atoms with Gasteiger partial charge < -0.3 is 20.5 Å². The van der Waals surface area contributed by atoms with E-state index in [1.54, 1.807) is 0 Å². The van der Waals surface area contributed by atoms with E-state index in [4.69, 9.17) is 4.74 Å². The number of carbonyl (C=O) groups excluding carboxylic acids is 1. The fourth-order valence-corrected chi connectivity index (χ4v) is 2.18. The molecule has 0 aromatic rings. The first-order chi connectivity index (χ1) is 10.1. The van der Waals surface area contributed by atoms with Crippen LogP contribution < -0.4 is 10.6 Å². The minimum Gasteiger partial charge on any atom is -0.444 e.